The first-order valence-corrected chi connectivity index (χ1v) is 5.89. The Bertz CT molecular complexity index is 449. The molecule has 0 fully saturated rings. The first kappa shape index (κ1) is 14.1. The standard InChI is InChI=1S/C14H18O4/c1-4-17-13-9-11(6-7-12(13)15)8-10(3)14(16)18-5-2/h6-9,15H,4-5H2,1-3H3. The largest absolute Gasteiger partial charge is 0.504 e. The van der Waals surface area contributed by atoms with Crippen molar-refractivity contribution >= 4 is 12.0 Å². The third kappa shape index (κ3) is 3.80. The number of carbonyl (C=O) groups is 1. The lowest BCUT2D eigenvalue weighted by atomic mass is 10.1. The first-order chi connectivity index (χ1) is 8.58. The molecule has 1 aromatic carbocycles. The molecular formula is C14H18O4. The summed E-state index contributed by atoms with van der Waals surface area (Å²) in [5.41, 5.74) is 1.28. The second kappa shape index (κ2) is 6.69. The number of esters is 1. The highest BCUT2D eigenvalue weighted by Crippen LogP contribution is 2.27. The zero-order valence-corrected chi connectivity index (χ0v) is 10.9. The summed E-state index contributed by atoms with van der Waals surface area (Å²) in [6.07, 6.45) is 1.69. The number of hydrogen-bond acceptors (Lipinski definition) is 4. The maximum atomic E-state index is 11.5. The van der Waals surface area contributed by atoms with Crippen LogP contribution in [0.2, 0.25) is 0 Å². The van der Waals surface area contributed by atoms with E-state index in [1.807, 2.05) is 6.92 Å². The maximum Gasteiger partial charge on any atom is 0.333 e. The van der Waals surface area contributed by atoms with Gasteiger partial charge in [0.2, 0.25) is 0 Å². The molecule has 0 amide bonds. The third-order valence-electron chi connectivity index (χ3n) is 2.26. The van der Waals surface area contributed by atoms with Crippen LogP contribution in [0.5, 0.6) is 11.5 Å². The van der Waals surface area contributed by atoms with E-state index in [1.165, 1.54) is 6.07 Å². The minimum absolute atomic E-state index is 0.0859. The van der Waals surface area contributed by atoms with Crippen molar-refractivity contribution in [3.8, 4) is 11.5 Å². The average Bonchev–Trinajstić information content (AvgIpc) is 2.34. The van der Waals surface area contributed by atoms with Gasteiger partial charge in [0.05, 0.1) is 13.2 Å². The smallest absolute Gasteiger partial charge is 0.333 e. The fourth-order valence-corrected chi connectivity index (χ4v) is 1.45. The van der Waals surface area contributed by atoms with Crippen LogP contribution >= 0.6 is 0 Å². The van der Waals surface area contributed by atoms with E-state index >= 15 is 0 Å². The quantitative estimate of drug-likeness (QED) is 0.645. The number of hydrogen-bond donors (Lipinski definition) is 1. The van der Waals surface area contributed by atoms with Gasteiger partial charge in [-0.3, -0.25) is 0 Å². The fourth-order valence-electron chi connectivity index (χ4n) is 1.45. The van der Waals surface area contributed by atoms with Crippen molar-refractivity contribution in [3.63, 3.8) is 0 Å². The van der Waals surface area contributed by atoms with Crippen LogP contribution in [0.15, 0.2) is 23.8 Å². The number of aromatic hydroxyl groups is 1. The van der Waals surface area contributed by atoms with E-state index in [0.717, 1.165) is 5.56 Å². The lowest BCUT2D eigenvalue weighted by Crippen LogP contribution is -2.04. The second-order valence-corrected chi connectivity index (χ2v) is 3.71. The van der Waals surface area contributed by atoms with Crippen molar-refractivity contribution in [1.82, 2.24) is 0 Å². The highest BCUT2D eigenvalue weighted by atomic mass is 16.5. The Labute approximate surface area is 107 Å². The fraction of sp³-hybridized carbons (Fsp3) is 0.357. The molecule has 0 bridgehead atoms. The second-order valence-electron chi connectivity index (χ2n) is 3.71. The highest BCUT2D eigenvalue weighted by molar-refractivity contribution is 5.93. The number of phenols is 1. The molecule has 0 heterocycles. The van der Waals surface area contributed by atoms with Crippen LogP contribution in [0, 0.1) is 0 Å². The van der Waals surface area contributed by atoms with E-state index < -0.39 is 0 Å². The van der Waals surface area contributed by atoms with Gasteiger partial charge in [0.1, 0.15) is 0 Å². The molecule has 0 aromatic heterocycles. The van der Waals surface area contributed by atoms with E-state index in [2.05, 4.69) is 0 Å². The highest BCUT2D eigenvalue weighted by Gasteiger charge is 2.06. The van der Waals surface area contributed by atoms with Crippen LogP contribution in [-0.4, -0.2) is 24.3 Å². The Morgan fingerprint density at radius 2 is 2.06 bits per heavy atom. The summed E-state index contributed by atoms with van der Waals surface area (Å²) in [5, 5.41) is 9.56. The van der Waals surface area contributed by atoms with Crippen LogP contribution in [-0.2, 0) is 9.53 Å². The maximum absolute atomic E-state index is 11.5. The Morgan fingerprint density at radius 3 is 2.67 bits per heavy atom. The Kier molecular flexibility index (Phi) is 5.24. The van der Waals surface area contributed by atoms with E-state index in [1.54, 1.807) is 32.1 Å². The zero-order valence-electron chi connectivity index (χ0n) is 10.9. The monoisotopic (exact) mass is 250 g/mol. The van der Waals surface area contributed by atoms with Gasteiger partial charge in [0.15, 0.2) is 11.5 Å². The summed E-state index contributed by atoms with van der Waals surface area (Å²) < 4.78 is 10.2. The van der Waals surface area contributed by atoms with Gasteiger partial charge in [0, 0.05) is 5.57 Å². The molecule has 0 unspecified atom stereocenters. The predicted octanol–water partition coefficient (Wildman–Crippen LogP) is 2.76. The van der Waals surface area contributed by atoms with Crippen LogP contribution < -0.4 is 4.74 Å². The molecule has 0 aliphatic heterocycles. The summed E-state index contributed by atoms with van der Waals surface area (Å²) in [4.78, 5) is 11.5. The van der Waals surface area contributed by atoms with Crippen molar-refractivity contribution < 1.29 is 19.4 Å². The molecule has 98 valence electrons. The molecule has 0 aliphatic rings. The Balaban J connectivity index is 2.93. The van der Waals surface area contributed by atoms with E-state index in [4.69, 9.17) is 9.47 Å². The zero-order chi connectivity index (χ0) is 13.5. The van der Waals surface area contributed by atoms with Gasteiger partial charge in [-0.1, -0.05) is 6.07 Å². The van der Waals surface area contributed by atoms with E-state index in [0.29, 0.717) is 24.5 Å². The number of phenolic OH excluding ortho intramolecular Hbond substituents is 1. The van der Waals surface area contributed by atoms with Gasteiger partial charge in [-0.2, -0.15) is 0 Å². The molecular weight excluding hydrogens is 232 g/mol. The molecule has 1 N–H and O–H groups in total. The summed E-state index contributed by atoms with van der Waals surface area (Å²) >= 11 is 0. The number of ether oxygens (including phenoxy) is 2. The SMILES string of the molecule is CCOC(=O)C(C)=Cc1ccc(O)c(OCC)c1. The van der Waals surface area contributed by atoms with E-state index in [-0.39, 0.29) is 11.7 Å². The van der Waals surface area contributed by atoms with Gasteiger partial charge in [-0.15, -0.1) is 0 Å². The molecule has 0 aliphatic carbocycles. The predicted molar refractivity (Wildman–Crippen MR) is 69.6 cm³/mol. The number of carbonyl (C=O) groups excluding carboxylic acids is 1. The average molecular weight is 250 g/mol. The topological polar surface area (TPSA) is 55.8 Å². The minimum atomic E-state index is -0.344. The molecule has 0 saturated heterocycles. The summed E-state index contributed by atoms with van der Waals surface area (Å²) in [5.74, 6) is 0.147. The van der Waals surface area contributed by atoms with Crippen LogP contribution in [0.3, 0.4) is 0 Å². The summed E-state index contributed by atoms with van der Waals surface area (Å²) in [6, 6.07) is 4.93. The third-order valence-corrected chi connectivity index (χ3v) is 2.26. The lowest BCUT2D eigenvalue weighted by molar-refractivity contribution is -0.138. The Hall–Kier alpha value is -1.97. The van der Waals surface area contributed by atoms with Crippen LogP contribution in [0.4, 0.5) is 0 Å². The van der Waals surface area contributed by atoms with Gasteiger partial charge in [-0.05, 0) is 44.5 Å². The minimum Gasteiger partial charge on any atom is -0.504 e. The molecule has 18 heavy (non-hydrogen) atoms. The van der Waals surface area contributed by atoms with Crippen molar-refractivity contribution in [2.75, 3.05) is 13.2 Å². The van der Waals surface area contributed by atoms with E-state index in [9.17, 15) is 9.90 Å². The molecule has 1 rings (SSSR count). The Morgan fingerprint density at radius 1 is 1.33 bits per heavy atom. The van der Waals surface area contributed by atoms with Crippen LogP contribution in [0.25, 0.3) is 6.08 Å². The first-order valence-electron chi connectivity index (χ1n) is 5.89. The molecule has 1 aromatic rings. The molecule has 0 spiro atoms. The number of rotatable bonds is 5. The lowest BCUT2D eigenvalue weighted by Gasteiger charge is -2.07. The molecule has 0 radical (unpaired) electrons. The number of benzene rings is 1. The van der Waals surface area contributed by atoms with Crippen molar-refractivity contribution in [1.29, 1.82) is 0 Å². The summed E-state index contributed by atoms with van der Waals surface area (Å²) in [7, 11) is 0. The van der Waals surface area contributed by atoms with Gasteiger partial charge < -0.3 is 14.6 Å². The van der Waals surface area contributed by atoms with Crippen molar-refractivity contribution in [3.05, 3.63) is 29.3 Å². The molecule has 4 heteroatoms. The van der Waals surface area contributed by atoms with Gasteiger partial charge >= 0.3 is 5.97 Å². The molecule has 4 nitrogen and oxygen atoms in total. The van der Waals surface area contributed by atoms with Gasteiger partial charge in [0.25, 0.3) is 0 Å². The molecule has 0 atom stereocenters. The normalized spacial score (nSPS) is 11.2. The van der Waals surface area contributed by atoms with Crippen LogP contribution in [0.1, 0.15) is 26.3 Å². The van der Waals surface area contributed by atoms with Crippen molar-refractivity contribution in [2.24, 2.45) is 0 Å². The van der Waals surface area contributed by atoms with Gasteiger partial charge in [-0.25, -0.2) is 4.79 Å². The molecule has 0 saturated carbocycles. The summed E-state index contributed by atoms with van der Waals surface area (Å²) in [6.45, 7) is 6.11. The van der Waals surface area contributed by atoms with Crippen molar-refractivity contribution in [2.45, 2.75) is 20.8 Å².